The Kier molecular flexibility index (Phi) is 4.48. The summed E-state index contributed by atoms with van der Waals surface area (Å²) in [7, 11) is 0. The van der Waals surface area contributed by atoms with Gasteiger partial charge in [0.25, 0.3) is 0 Å². The van der Waals surface area contributed by atoms with Gasteiger partial charge in [-0.1, -0.05) is 29.8 Å². The smallest absolute Gasteiger partial charge is 0.341 e. The Morgan fingerprint density at radius 3 is 2.57 bits per heavy atom. The first-order valence-electron chi connectivity index (χ1n) is 7.67. The molecule has 1 heterocycles. The van der Waals surface area contributed by atoms with Crippen LogP contribution in [0.4, 0.5) is 5.95 Å². The zero-order valence-electron chi connectivity index (χ0n) is 12.9. The summed E-state index contributed by atoms with van der Waals surface area (Å²) in [6.07, 6.45) is 6.02. The number of carbonyl (C=O) groups excluding carboxylic acids is 1. The van der Waals surface area contributed by atoms with Gasteiger partial charge >= 0.3 is 5.97 Å². The van der Waals surface area contributed by atoms with Crippen LogP contribution in [0.5, 0.6) is 0 Å². The summed E-state index contributed by atoms with van der Waals surface area (Å²) in [4.78, 5) is 20.1. The highest BCUT2D eigenvalue weighted by atomic mass is 35.5. The molecule has 1 aliphatic carbocycles. The van der Waals surface area contributed by atoms with Crippen molar-refractivity contribution in [3.63, 3.8) is 0 Å². The minimum atomic E-state index is -0.413. The molecule has 0 radical (unpaired) electrons. The van der Waals surface area contributed by atoms with Gasteiger partial charge in [-0.2, -0.15) is 0 Å². The van der Waals surface area contributed by atoms with Crippen LogP contribution in [-0.4, -0.2) is 22.5 Å². The molecule has 23 heavy (non-hydrogen) atoms. The van der Waals surface area contributed by atoms with Crippen LogP contribution in [0.25, 0.3) is 0 Å². The van der Waals surface area contributed by atoms with Crippen LogP contribution in [0, 0.1) is 0 Å². The maximum atomic E-state index is 11.6. The molecule has 0 bridgehead atoms. The van der Waals surface area contributed by atoms with Crippen LogP contribution in [0.1, 0.15) is 42.1 Å². The molecule has 1 aromatic heterocycles. The molecule has 0 saturated heterocycles. The number of hydrogen-bond donors (Lipinski definition) is 1. The molecule has 3 rings (SSSR count). The van der Waals surface area contributed by atoms with E-state index < -0.39 is 5.97 Å². The second-order valence-electron chi connectivity index (χ2n) is 5.56. The minimum Gasteiger partial charge on any atom is -0.462 e. The highest BCUT2D eigenvalue weighted by Crippen LogP contribution is 2.45. The Morgan fingerprint density at radius 1 is 1.30 bits per heavy atom. The predicted octanol–water partition coefficient (Wildman–Crippen LogP) is 3.80. The summed E-state index contributed by atoms with van der Waals surface area (Å²) in [5.74, 6) is 0.0705. The Balaban J connectivity index is 1.80. The van der Waals surface area contributed by atoms with Crippen LogP contribution in [0.3, 0.4) is 0 Å². The third-order valence-electron chi connectivity index (χ3n) is 4.11. The molecular formula is C17H18ClN3O2. The van der Waals surface area contributed by atoms with E-state index in [-0.39, 0.29) is 5.54 Å². The van der Waals surface area contributed by atoms with Crippen LogP contribution in [0.2, 0.25) is 5.02 Å². The van der Waals surface area contributed by atoms with Gasteiger partial charge in [0.1, 0.15) is 0 Å². The Hall–Kier alpha value is -2.14. The van der Waals surface area contributed by atoms with E-state index >= 15 is 0 Å². The summed E-state index contributed by atoms with van der Waals surface area (Å²) >= 11 is 6.35. The highest BCUT2D eigenvalue weighted by Gasteiger charge is 2.40. The zero-order valence-corrected chi connectivity index (χ0v) is 13.6. The van der Waals surface area contributed by atoms with Crippen molar-refractivity contribution in [3.05, 3.63) is 52.8 Å². The first kappa shape index (κ1) is 15.7. The summed E-state index contributed by atoms with van der Waals surface area (Å²) in [6.45, 7) is 2.09. The number of anilines is 1. The molecule has 1 fully saturated rings. The van der Waals surface area contributed by atoms with Crippen LogP contribution in [0.15, 0.2) is 36.7 Å². The summed E-state index contributed by atoms with van der Waals surface area (Å²) in [5.41, 5.74) is 1.17. The first-order chi connectivity index (χ1) is 11.1. The molecule has 0 aliphatic heterocycles. The van der Waals surface area contributed by atoms with Gasteiger partial charge in [-0.15, -0.1) is 0 Å². The Labute approximate surface area is 140 Å². The second-order valence-corrected chi connectivity index (χ2v) is 5.96. The molecule has 1 aliphatic rings. The van der Waals surface area contributed by atoms with Gasteiger partial charge in [-0.25, -0.2) is 14.8 Å². The molecule has 5 nitrogen and oxygen atoms in total. The molecule has 0 spiro atoms. The second kappa shape index (κ2) is 6.54. The van der Waals surface area contributed by atoms with Crippen molar-refractivity contribution >= 4 is 23.5 Å². The number of aromatic nitrogens is 2. The molecule has 1 N–H and O–H groups in total. The van der Waals surface area contributed by atoms with E-state index in [4.69, 9.17) is 16.3 Å². The standard InChI is InChI=1S/C17H18ClN3O2/c1-2-23-15(22)12-10-19-16(20-11-12)21-17(8-5-9-17)13-6-3-4-7-14(13)18/h3-4,6-7,10-11H,2,5,8-9H2,1H3,(H,19,20,21). The fraction of sp³-hybridized carbons (Fsp3) is 0.353. The molecule has 1 saturated carbocycles. The lowest BCUT2D eigenvalue weighted by Gasteiger charge is -2.43. The average Bonchev–Trinajstić information content (AvgIpc) is 2.52. The molecule has 2 aromatic rings. The molecule has 0 atom stereocenters. The van der Waals surface area contributed by atoms with E-state index in [1.165, 1.54) is 12.4 Å². The van der Waals surface area contributed by atoms with Crippen molar-refractivity contribution in [2.24, 2.45) is 0 Å². The van der Waals surface area contributed by atoms with Gasteiger partial charge in [0.15, 0.2) is 0 Å². The number of rotatable bonds is 5. The number of nitrogens with zero attached hydrogens (tertiary/aromatic N) is 2. The lowest BCUT2D eigenvalue weighted by atomic mass is 9.72. The van der Waals surface area contributed by atoms with Crippen LogP contribution >= 0.6 is 11.6 Å². The molecule has 120 valence electrons. The number of ether oxygens (including phenoxy) is 1. The van der Waals surface area contributed by atoms with Gasteiger partial charge in [-0.3, -0.25) is 0 Å². The zero-order chi connectivity index (χ0) is 16.3. The van der Waals surface area contributed by atoms with Gasteiger partial charge in [0.2, 0.25) is 5.95 Å². The van der Waals surface area contributed by atoms with Gasteiger partial charge in [0.05, 0.1) is 17.7 Å². The van der Waals surface area contributed by atoms with Crippen LogP contribution < -0.4 is 5.32 Å². The average molecular weight is 332 g/mol. The van der Waals surface area contributed by atoms with Crippen molar-refractivity contribution < 1.29 is 9.53 Å². The normalized spacial score (nSPS) is 15.6. The number of nitrogens with one attached hydrogen (secondary N) is 1. The van der Waals surface area contributed by atoms with Gasteiger partial charge in [0, 0.05) is 17.4 Å². The maximum absolute atomic E-state index is 11.6. The van der Waals surface area contributed by atoms with E-state index in [0.29, 0.717) is 18.1 Å². The van der Waals surface area contributed by atoms with E-state index in [2.05, 4.69) is 15.3 Å². The highest BCUT2D eigenvalue weighted by molar-refractivity contribution is 6.31. The fourth-order valence-corrected chi connectivity index (χ4v) is 3.08. The van der Waals surface area contributed by atoms with E-state index in [9.17, 15) is 4.79 Å². The number of halogens is 1. The van der Waals surface area contributed by atoms with Crippen molar-refractivity contribution in [2.45, 2.75) is 31.7 Å². The molecule has 1 aromatic carbocycles. The first-order valence-corrected chi connectivity index (χ1v) is 8.05. The monoisotopic (exact) mass is 331 g/mol. The predicted molar refractivity (Wildman–Crippen MR) is 88.6 cm³/mol. The van der Waals surface area contributed by atoms with E-state index in [0.717, 1.165) is 29.8 Å². The fourth-order valence-electron chi connectivity index (χ4n) is 2.77. The molecule has 0 amide bonds. The minimum absolute atomic E-state index is 0.232. The number of benzene rings is 1. The lowest BCUT2D eigenvalue weighted by molar-refractivity contribution is 0.0525. The third kappa shape index (κ3) is 3.15. The molecular weight excluding hydrogens is 314 g/mol. The Bertz CT molecular complexity index is 699. The summed E-state index contributed by atoms with van der Waals surface area (Å²) < 4.78 is 4.93. The maximum Gasteiger partial charge on any atom is 0.341 e. The topological polar surface area (TPSA) is 64.1 Å². The van der Waals surface area contributed by atoms with Gasteiger partial charge in [-0.05, 0) is 37.8 Å². The van der Waals surface area contributed by atoms with Crippen molar-refractivity contribution in [1.82, 2.24) is 9.97 Å². The van der Waals surface area contributed by atoms with Crippen molar-refractivity contribution in [1.29, 1.82) is 0 Å². The third-order valence-corrected chi connectivity index (χ3v) is 4.44. The molecule has 6 heteroatoms. The van der Waals surface area contributed by atoms with E-state index in [1.807, 2.05) is 24.3 Å². The lowest BCUT2D eigenvalue weighted by Crippen LogP contribution is -2.42. The number of hydrogen-bond acceptors (Lipinski definition) is 5. The largest absolute Gasteiger partial charge is 0.462 e. The quantitative estimate of drug-likeness (QED) is 0.844. The number of carbonyl (C=O) groups is 1. The Morgan fingerprint density at radius 2 is 2.00 bits per heavy atom. The van der Waals surface area contributed by atoms with Crippen molar-refractivity contribution in [2.75, 3.05) is 11.9 Å². The van der Waals surface area contributed by atoms with E-state index in [1.54, 1.807) is 6.92 Å². The molecule has 0 unspecified atom stereocenters. The van der Waals surface area contributed by atoms with Gasteiger partial charge < -0.3 is 10.1 Å². The van der Waals surface area contributed by atoms with Crippen molar-refractivity contribution in [3.8, 4) is 0 Å². The summed E-state index contributed by atoms with van der Waals surface area (Å²) in [6, 6.07) is 7.82. The number of esters is 1. The van der Waals surface area contributed by atoms with Crippen LogP contribution in [-0.2, 0) is 10.3 Å². The summed E-state index contributed by atoms with van der Waals surface area (Å²) in [5, 5.41) is 4.13. The SMILES string of the molecule is CCOC(=O)c1cnc(NC2(c3ccccc3Cl)CCC2)nc1.